The molecule has 0 spiro atoms. The second-order valence-electron chi connectivity index (χ2n) is 3.62. The highest BCUT2D eigenvalue weighted by Crippen LogP contribution is 2.16. The molecule has 0 radical (unpaired) electrons. The van der Waals surface area contributed by atoms with Gasteiger partial charge in [-0.15, -0.1) is 0 Å². The highest BCUT2D eigenvalue weighted by Gasteiger charge is 2.17. The molecular formula is C10H14N2O2. The Balaban J connectivity index is 2.07. The third kappa shape index (κ3) is 1.80. The van der Waals surface area contributed by atoms with Gasteiger partial charge in [0.2, 0.25) is 0 Å². The van der Waals surface area contributed by atoms with Crippen LogP contribution >= 0.6 is 0 Å². The number of furan rings is 1. The zero-order valence-corrected chi connectivity index (χ0v) is 8.03. The smallest absolute Gasteiger partial charge is 0.284 e. The SMILES string of the molecule is NC(=O)c1occc1CN1CCCC1. The van der Waals surface area contributed by atoms with E-state index in [-0.39, 0.29) is 0 Å². The lowest BCUT2D eigenvalue weighted by molar-refractivity contribution is 0.0971. The molecule has 0 aromatic carbocycles. The van der Waals surface area contributed by atoms with Crippen molar-refractivity contribution in [1.82, 2.24) is 4.90 Å². The monoisotopic (exact) mass is 194 g/mol. The molecule has 1 amide bonds. The fourth-order valence-electron chi connectivity index (χ4n) is 1.86. The van der Waals surface area contributed by atoms with Crippen LogP contribution in [-0.4, -0.2) is 23.9 Å². The number of carbonyl (C=O) groups is 1. The lowest BCUT2D eigenvalue weighted by Crippen LogP contribution is -2.20. The van der Waals surface area contributed by atoms with Gasteiger partial charge in [0.15, 0.2) is 5.76 Å². The Morgan fingerprint density at radius 2 is 2.21 bits per heavy atom. The predicted molar refractivity (Wildman–Crippen MR) is 51.7 cm³/mol. The van der Waals surface area contributed by atoms with Crippen LogP contribution in [0.2, 0.25) is 0 Å². The Morgan fingerprint density at radius 3 is 2.86 bits per heavy atom. The van der Waals surface area contributed by atoms with Crippen LogP contribution in [0.3, 0.4) is 0 Å². The fourth-order valence-corrected chi connectivity index (χ4v) is 1.86. The van der Waals surface area contributed by atoms with Crippen LogP contribution in [0, 0.1) is 0 Å². The van der Waals surface area contributed by atoms with Crippen molar-refractivity contribution in [2.24, 2.45) is 5.73 Å². The number of nitrogens with zero attached hydrogens (tertiary/aromatic N) is 1. The summed E-state index contributed by atoms with van der Waals surface area (Å²) in [5.74, 6) is -0.180. The first kappa shape index (κ1) is 9.27. The van der Waals surface area contributed by atoms with E-state index in [0.29, 0.717) is 5.76 Å². The van der Waals surface area contributed by atoms with E-state index in [1.165, 1.54) is 19.1 Å². The van der Waals surface area contributed by atoms with Crippen molar-refractivity contribution in [1.29, 1.82) is 0 Å². The molecule has 1 aromatic rings. The average Bonchev–Trinajstić information content (AvgIpc) is 2.75. The van der Waals surface area contributed by atoms with Crippen molar-refractivity contribution >= 4 is 5.91 Å². The maximum atomic E-state index is 11.0. The summed E-state index contributed by atoms with van der Waals surface area (Å²) < 4.78 is 5.04. The molecular weight excluding hydrogens is 180 g/mol. The van der Waals surface area contributed by atoms with Gasteiger partial charge in [-0.2, -0.15) is 0 Å². The number of rotatable bonds is 3. The van der Waals surface area contributed by atoms with Crippen molar-refractivity contribution in [2.75, 3.05) is 13.1 Å². The number of nitrogens with two attached hydrogens (primary N) is 1. The van der Waals surface area contributed by atoms with E-state index >= 15 is 0 Å². The highest BCUT2D eigenvalue weighted by molar-refractivity contribution is 5.91. The lowest BCUT2D eigenvalue weighted by Gasteiger charge is -2.13. The van der Waals surface area contributed by atoms with Gasteiger partial charge in [0.25, 0.3) is 5.91 Å². The van der Waals surface area contributed by atoms with Crippen LogP contribution in [0.5, 0.6) is 0 Å². The van der Waals surface area contributed by atoms with Crippen LogP contribution in [0.15, 0.2) is 16.7 Å². The van der Waals surface area contributed by atoms with Crippen LogP contribution in [-0.2, 0) is 6.54 Å². The highest BCUT2D eigenvalue weighted by atomic mass is 16.3. The van der Waals surface area contributed by atoms with Crippen molar-refractivity contribution in [2.45, 2.75) is 19.4 Å². The second kappa shape index (κ2) is 3.84. The quantitative estimate of drug-likeness (QED) is 0.780. The Kier molecular flexibility index (Phi) is 2.54. The summed E-state index contributed by atoms with van der Waals surface area (Å²) in [5, 5.41) is 0. The number of primary amides is 1. The van der Waals surface area contributed by atoms with E-state index in [4.69, 9.17) is 10.2 Å². The minimum Gasteiger partial charge on any atom is -0.459 e. The first-order chi connectivity index (χ1) is 6.77. The number of carbonyl (C=O) groups excluding carboxylic acids is 1. The summed E-state index contributed by atoms with van der Waals surface area (Å²) in [5.41, 5.74) is 6.08. The van der Waals surface area contributed by atoms with Crippen LogP contribution < -0.4 is 5.73 Å². The molecule has 4 heteroatoms. The molecule has 2 rings (SSSR count). The van der Waals surface area contributed by atoms with Gasteiger partial charge in [0.1, 0.15) is 0 Å². The van der Waals surface area contributed by atoms with E-state index in [1.807, 2.05) is 6.07 Å². The molecule has 2 N–H and O–H groups in total. The Bertz CT molecular complexity index is 327. The topological polar surface area (TPSA) is 59.5 Å². The van der Waals surface area contributed by atoms with E-state index in [0.717, 1.165) is 25.2 Å². The molecule has 1 fully saturated rings. The molecule has 14 heavy (non-hydrogen) atoms. The van der Waals surface area contributed by atoms with E-state index in [2.05, 4.69) is 4.90 Å². The van der Waals surface area contributed by atoms with Gasteiger partial charge < -0.3 is 10.2 Å². The second-order valence-corrected chi connectivity index (χ2v) is 3.62. The summed E-state index contributed by atoms with van der Waals surface area (Å²) >= 11 is 0. The summed E-state index contributed by atoms with van der Waals surface area (Å²) in [4.78, 5) is 13.3. The van der Waals surface area contributed by atoms with Gasteiger partial charge in [-0.1, -0.05) is 0 Å². The van der Waals surface area contributed by atoms with Crippen molar-refractivity contribution in [3.05, 3.63) is 23.7 Å². The fraction of sp³-hybridized carbons (Fsp3) is 0.500. The Morgan fingerprint density at radius 1 is 1.50 bits per heavy atom. The minimum absolute atomic E-state index is 0.303. The predicted octanol–water partition coefficient (Wildman–Crippen LogP) is 0.974. The molecule has 0 bridgehead atoms. The standard InChI is InChI=1S/C10H14N2O2/c11-10(13)9-8(3-6-14-9)7-12-4-1-2-5-12/h3,6H,1-2,4-5,7H2,(H2,11,13). The number of hydrogen-bond donors (Lipinski definition) is 1. The van der Waals surface area contributed by atoms with Crippen molar-refractivity contribution in [3.63, 3.8) is 0 Å². The largest absolute Gasteiger partial charge is 0.459 e. The molecule has 1 aliphatic rings. The summed E-state index contributed by atoms with van der Waals surface area (Å²) in [6.45, 7) is 2.97. The maximum absolute atomic E-state index is 11.0. The molecule has 1 saturated heterocycles. The van der Waals surface area contributed by atoms with Crippen LogP contribution in [0.4, 0.5) is 0 Å². The first-order valence-corrected chi connectivity index (χ1v) is 4.86. The van der Waals surface area contributed by atoms with E-state index in [9.17, 15) is 4.79 Å². The zero-order chi connectivity index (χ0) is 9.97. The first-order valence-electron chi connectivity index (χ1n) is 4.86. The molecule has 1 aliphatic heterocycles. The van der Waals surface area contributed by atoms with E-state index < -0.39 is 5.91 Å². The normalized spacial score (nSPS) is 17.4. The summed E-state index contributed by atoms with van der Waals surface area (Å²) in [7, 11) is 0. The summed E-state index contributed by atoms with van der Waals surface area (Å²) in [6, 6.07) is 1.82. The van der Waals surface area contributed by atoms with Crippen molar-refractivity contribution < 1.29 is 9.21 Å². The van der Waals surface area contributed by atoms with Crippen molar-refractivity contribution in [3.8, 4) is 0 Å². The van der Waals surface area contributed by atoms with E-state index in [1.54, 1.807) is 0 Å². The summed E-state index contributed by atoms with van der Waals surface area (Å²) in [6.07, 6.45) is 4.00. The molecule has 0 unspecified atom stereocenters. The number of hydrogen-bond acceptors (Lipinski definition) is 3. The average molecular weight is 194 g/mol. The zero-order valence-electron chi connectivity index (χ0n) is 8.03. The molecule has 0 aliphatic carbocycles. The van der Waals surface area contributed by atoms with Gasteiger partial charge in [-0.25, -0.2) is 0 Å². The van der Waals surface area contributed by atoms with Gasteiger partial charge in [0, 0.05) is 12.1 Å². The third-order valence-electron chi connectivity index (χ3n) is 2.56. The number of likely N-dealkylation sites (tertiary alicyclic amines) is 1. The van der Waals surface area contributed by atoms with Gasteiger partial charge in [0.05, 0.1) is 6.26 Å². The Hall–Kier alpha value is -1.29. The van der Waals surface area contributed by atoms with Gasteiger partial charge in [-0.05, 0) is 32.0 Å². The third-order valence-corrected chi connectivity index (χ3v) is 2.56. The van der Waals surface area contributed by atoms with Crippen LogP contribution in [0.1, 0.15) is 29.0 Å². The van der Waals surface area contributed by atoms with Gasteiger partial charge >= 0.3 is 0 Å². The molecule has 0 saturated carbocycles. The molecule has 2 heterocycles. The van der Waals surface area contributed by atoms with Crippen LogP contribution in [0.25, 0.3) is 0 Å². The number of amides is 1. The molecule has 1 aromatic heterocycles. The Labute approximate surface area is 82.7 Å². The molecule has 4 nitrogen and oxygen atoms in total. The molecule has 76 valence electrons. The van der Waals surface area contributed by atoms with Gasteiger partial charge in [-0.3, -0.25) is 9.69 Å². The lowest BCUT2D eigenvalue weighted by atomic mass is 10.2. The molecule has 0 atom stereocenters. The minimum atomic E-state index is -0.482. The maximum Gasteiger partial charge on any atom is 0.284 e.